The quantitative estimate of drug-likeness (QED) is 0.693. The summed E-state index contributed by atoms with van der Waals surface area (Å²) in [6.45, 7) is 2.07. The molecule has 0 aliphatic heterocycles. The number of Topliss-reactive ketones (excluding diaryl/α,β-unsaturated/α-hetero) is 1. The van der Waals surface area contributed by atoms with E-state index in [4.69, 9.17) is 0 Å². The first-order chi connectivity index (χ1) is 12.7. The first-order valence-corrected chi connectivity index (χ1v) is 9.73. The molecular weight excluding hydrogens is 344 g/mol. The van der Waals surface area contributed by atoms with Crippen molar-refractivity contribution in [2.75, 3.05) is 0 Å². The fourth-order valence-corrected chi connectivity index (χ4v) is 4.43. The van der Waals surface area contributed by atoms with Gasteiger partial charge in [-0.2, -0.15) is 0 Å². The van der Waals surface area contributed by atoms with Gasteiger partial charge < -0.3 is 0 Å². The van der Waals surface area contributed by atoms with E-state index in [0.717, 1.165) is 47.1 Å². The lowest BCUT2D eigenvalue weighted by Crippen LogP contribution is -2.21. The van der Waals surface area contributed by atoms with Gasteiger partial charge in [-0.25, -0.2) is 0 Å². The van der Waals surface area contributed by atoms with Crippen molar-refractivity contribution in [1.29, 1.82) is 0 Å². The molecule has 1 saturated carbocycles. The third-order valence-corrected chi connectivity index (χ3v) is 5.91. The molecule has 1 unspecified atom stereocenters. The fraction of sp³-hybridized carbons (Fsp3) is 0.300. The maximum Gasteiger partial charge on any atom is 0.196 e. The topological polar surface area (TPSA) is 60.7 Å². The standard InChI is InChI=1S/C20H20N4OS/c1-14-7-2-3-9-16(14)24-19(15-8-6-12-21-13-15)22-23-20(24)26-18-11-5-4-10-17(18)25/h2-3,6-9,12-13,18H,4-5,10-11H2,1H3. The Kier molecular flexibility index (Phi) is 4.84. The molecule has 0 saturated heterocycles. The number of benzene rings is 1. The summed E-state index contributed by atoms with van der Waals surface area (Å²) < 4.78 is 2.05. The van der Waals surface area contributed by atoms with E-state index < -0.39 is 0 Å². The Morgan fingerprint density at radius 3 is 2.77 bits per heavy atom. The Balaban J connectivity index is 1.81. The van der Waals surface area contributed by atoms with Crippen LogP contribution in [0.1, 0.15) is 31.2 Å². The third kappa shape index (κ3) is 3.29. The number of pyridine rings is 1. The van der Waals surface area contributed by atoms with E-state index in [9.17, 15) is 4.79 Å². The predicted octanol–water partition coefficient (Wildman–Crippen LogP) is 4.24. The summed E-state index contributed by atoms with van der Waals surface area (Å²) in [6.07, 6.45) is 7.21. The Hall–Kier alpha value is -2.47. The number of aromatic nitrogens is 4. The lowest BCUT2D eigenvalue weighted by molar-refractivity contribution is -0.119. The molecule has 1 fully saturated rings. The molecule has 2 heterocycles. The minimum absolute atomic E-state index is 0.0301. The number of aryl methyl sites for hydroxylation is 1. The number of carbonyl (C=O) groups is 1. The van der Waals surface area contributed by atoms with Gasteiger partial charge in [0.1, 0.15) is 5.78 Å². The smallest absolute Gasteiger partial charge is 0.196 e. The van der Waals surface area contributed by atoms with Gasteiger partial charge in [0.05, 0.1) is 10.9 Å². The number of rotatable bonds is 4. The minimum atomic E-state index is -0.0301. The molecule has 1 aliphatic carbocycles. The van der Waals surface area contributed by atoms with Crippen LogP contribution < -0.4 is 0 Å². The summed E-state index contributed by atoms with van der Waals surface area (Å²) in [5, 5.41) is 9.60. The maximum atomic E-state index is 12.3. The molecule has 1 atom stereocenters. The Bertz CT molecular complexity index is 923. The number of thioether (sulfide) groups is 1. The molecule has 1 aliphatic rings. The lowest BCUT2D eigenvalue weighted by atomic mass is 9.99. The van der Waals surface area contributed by atoms with Crippen LogP contribution in [0.25, 0.3) is 17.1 Å². The van der Waals surface area contributed by atoms with Gasteiger partial charge in [0, 0.05) is 24.4 Å². The molecule has 0 spiro atoms. The van der Waals surface area contributed by atoms with Crippen LogP contribution in [-0.2, 0) is 4.79 Å². The molecule has 0 amide bonds. The highest BCUT2D eigenvalue weighted by Gasteiger charge is 2.27. The second kappa shape index (κ2) is 7.41. The highest BCUT2D eigenvalue weighted by molar-refractivity contribution is 8.00. The summed E-state index contributed by atoms with van der Waals surface area (Å²) in [5.41, 5.74) is 3.07. The molecule has 0 radical (unpaired) electrons. The molecular formula is C20H20N4OS. The predicted molar refractivity (Wildman–Crippen MR) is 102 cm³/mol. The molecule has 4 rings (SSSR count). The first-order valence-electron chi connectivity index (χ1n) is 8.85. The Labute approximate surface area is 156 Å². The monoisotopic (exact) mass is 364 g/mol. The number of para-hydroxylation sites is 1. The summed E-state index contributed by atoms with van der Waals surface area (Å²) in [5.74, 6) is 1.07. The van der Waals surface area contributed by atoms with Crippen molar-refractivity contribution in [3.05, 3.63) is 54.4 Å². The third-order valence-electron chi connectivity index (χ3n) is 4.66. The molecule has 132 valence electrons. The number of carbonyl (C=O) groups excluding carboxylic acids is 1. The number of hydrogen-bond donors (Lipinski definition) is 0. The summed E-state index contributed by atoms with van der Waals surface area (Å²) in [4.78, 5) is 16.5. The van der Waals surface area contributed by atoms with Crippen molar-refractivity contribution < 1.29 is 4.79 Å². The second-order valence-corrected chi connectivity index (χ2v) is 7.66. The second-order valence-electron chi connectivity index (χ2n) is 6.49. The minimum Gasteiger partial charge on any atom is -0.298 e. The molecule has 3 aromatic rings. The van der Waals surface area contributed by atoms with Gasteiger partial charge in [0.25, 0.3) is 0 Å². The molecule has 2 aromatic heterocycles. The largest absolute Gasteiger partial charge is 0.298 e. The van der Waals surface area contributed by atoms with Crippen molar-refractivity contribution in [3.63, 3.8) is 0 Å². The zero-order chi connectivity index (χ0) is 17.9. The molecule has 1 aromatic carbocycles. The van der Waals surface area contributed by atoms with Crippen molar-refractivity contribution in [3.8, 4) is 17.1 Å². The van der Waals surface area contributed by atoms with Crippen LogP contribution in [-0.4, -0.2) is 30.8 Å². The van der Waals surface area contributed by atoms with Crippen LogP contribution in [0, 0.1) is 6.92 Å². The molecule has 26 heavy (non-hydrogen) atoms. The number of nitrogens with zero attached hydrogens (tertiary/aromatic N) is 4. The van der Waals surface area contributed by atoms with E-state index in [0.29, 0.717) is 12.2 Å². The zero-order valence-electron chi connectivity index (χ0n) is 14.6. The normalized spacial score (nSPS) is 17.4. The maximum absolute atomic E-state index is 12.3. The summed E-state index contributed by atoms with van der Waals surface area (Å²) in [7, 11) is 0. The lowest BCUT2D eigenvalue weighted by Gasteiger charge is -2.20. The van der Waals surface area contributed by atoms with E-state index in [1.165, 1.54) is 11.8 Å². The fourth-order valence-electron chi connectivity index (χ4n) is 3.26. The van der Waals surface area contributed by atoms with E-state index in [1.54, 1.807) is 12.4 Å². The van der Waals surface area contributed by atoms with Gasteiger partial charge >= 0.3 is 0 Å². The molecule has 5 nitrogen and oxygen atoms in total. The van der Waals surface area contributed by atoms with Crippen LogP contribution in [0.5, 0.6) is 0 Å². The highest BCUT2D eigenvalue weighted by atomic mass is 32.2. The van der Waals surface area contributed by atoms with Gasteiger partial charge in [0.2, 0.25) is 0 Å². The van der Waals surface area contributed by atoms with Crippen molar-refractivity contribution in [1.82, 2.24) is 19.7 Å². The SMILES string of the molecule is Cc1ccccc1-n1c(SC2CCCCC2=O)nnc1-c1cccnc1. The van der Waals surface area contributed by atoms with Crippen LogP contribution in [0.15, 0.2) is 53.9 Å². The Morgan fingerprint density at radius 2 is 2.00 bits per heavy atom. The van der Waals surface area contributed by atoms with Crippen LogP contribution in [0.3, 0.4) is 0 Å². The van der Waals surface area contributed by atoms with Gasteiger partial charge in [-0.3, -0.25) is 14.3 Å². The number of hydrogen-bond acceptors (Lipinski definition) is 5. The summed E-state index contributed by atoms with van der Waals surface area (Å²) >= 11 is 1.54. The van der Waals surface area contributed by atoms with Crippen molar-refractivity contribution in [2.24, 2.45) is 0 Å². The van der Waals surface area contributed by atoms with Crippen LogP contribution in [0.4, 0.5) is 0 Å². The molecule has 6 heteroatoms. The average Bonchev–Trinajstić information content (AvgIpc) is 3.08. The van der Waals surface area contributed by atoms with Gasteiger partial charge in [0.15, 0.2) is 11.0 Å². The van der Waals surface area contributed by atoms with Gasteiger partial charge in [-0.05, 0) is 43.5 Å². The highest BCUT2D eigenvalue weighted by Crippen LogP contribution is 2.35. The average molecular weight is 364 g/mol. The first kappa shape index (κ1) is 17.0. The van der Waals surface area contributed by atoms with Crippen LogP contribution in [0.2, 0.25) is 0 Å². The van der Waals surface area contributed by atoms with E-state index >= 15 is 0 Å². The van der Waals surface area contributed by atoms with Crippen molar-refractivity contribution >= 4 is 17.5 Å². The van der Waals surface area contributed by atoms with E-state index in [2.05, 4.69) is 38.8 Å². The van der Waals surface area contributed by atoms with Gasteiger partial charge in [-0.1, -0.05) is 36.4 Å². The van der Waals surface area contributed by atoms with E-state index in [-0.39, 0.29) is 5.25 Å². The van der Waals surface area contributed by atoms with Gasteiger partial charge in [-0.15, -0.1) is 10.2 Å². The molecule has 0 N–H and O–H groups in total. The molecule has 0 bridgehead atoms. The van der Waals surface area contributed by atoms with Crippen LogP contribution >= 0.6 is 11.8 Å². The van der Waals surface area contributed by atoms with Crippen molar-refractivity contribution in [2.45, 2.75) is 43.0 Å². The summed E-state index contributed by atoms with van der Waals surface area (Å²) in [6, 6.07) is 12.0. The Morgan fingerprint density at radius 1 is 1.12 bits per heavy atom. The number of ketones is 1. The zero-order valence-corrected chi connectivity index (χ0v) is 15.4. The van der Waals surface area contributed by atoms with E-state index in [1.807, 2.05) is 24.3 Å².